The highest BCUT2D eigenvalue weighted by atomic mass is 19.1. The minimum absolute atomic E-state index is 0.0141. The number of nitrogens with zero attached hydrogens (tertiary/aromatic N) is 2. The van der Waals surface area contributed by atoms with Gasteiger partial charge in [0, 0.05) is 18.7 Å². The number of carbonyl (C=O) groups is 2. The van der Waals surface area contributed by atoms with Gasteiger partial charge in [0.15, 0.2) is 12.4 Å². The molecular weight excluding hydrogens is 458 g/mol. The zero-order valence-electron chi connectivity index (χ0n) is 18.4. The van der Waals surface area contributed by atoms with Gasteiger partial charge in [-0.3, -0.25) is 14.9 Å². The Hall–Kier alpha value is -3.96. The molecule has 0 saturated carbocycles. The first kappa shape index (κ1) is 24.7. The zero-order valence-corrected chi connectivity index (χ0v) is 18.4. The summed E-state index contributed by atoms with van der Waals surface area (Å²) in [5, 5.41) is 11.6. The third kappa shape index (κ3) is 5.69. The van der Waals surface area contributed by atoms with Crippen LogP contribution >= 0.6 is 0 Å². The van der Waals surface area contributed by atoms with Gasteiger partial charge in [-0.15, -0.1) is 0 Å². The van der Waals surface area contributed by atoms with Crippen LogP contribution in [-0.4, -0.2) is 49.8 Å². The number of nitro benzene ring substituents is 1. The highest BCUT2D eigenvalue weighted by molar-refractivity contribution is 5.72. The number of hydrogen-bond donors (Lipinski definition) is 0. The molecule has 0 N–H and O–H groups in total. The molecule has 0 radical (unpaired) electrons. The van der Waals surface area contributed by atoms with Crippen LogP contribution in [0.5, 0.6) is 11.5 Å². The molecule has 2 aromatic carbocycles. The Bertz CT molecular complexity index is 1090. The number of hydrogen-bond acceptors (Lipinski definition) is 9. The summed E-state index contributed by atoms with van der Waals surface area (Å²) in [6.07, 6.45) is -0.0739. The standard InChI is InChI=1S/C22H22F2N2O8/c1-3-32-20(27)9-15-11-33-19-8-14(23)4-5-17(19)25(15)10-13-6-16(24)22(18(7-13)26(29)30)34-12-21(28)31-2/h4-8,15H,3,9-12H2,1-2H3/t15-/m0/s1. The van der Waals surface area contributed by atoms with E-state index in [4.69, 9.17) is 14.2 Å². The van der Waals surface area contributed by atoms with Gasteiger partial charge in [0.05, 0.1) is 36.8 Å². The predicted octanol–water partition coefficient (Wildman–Crippen LogP) is 3.15. The number of halogens is 2. The van der Waals surface area contributed by atoms with Gasteiger partial charge in [-0.25, -0.2) is 13.6 Å². The SMILES string of the molecule is CCOC(=O)C[C@H]1COc2cc(F)ccc2N1Cc1cc(F)c(OCC(=O)OC)c([N+](=O)[O-])c1. The molecular formula is C22H22F2N2O8. The number of carbonyl (C=O) groups excluding carboxylic acids is 2. The Balaban J connectivity index is 1.95. The second-order valence-electron chi connectivity index (χ2n) is 7.26. The predicted molar refractivity (Wildman–Crippen MR) is 114 cm³/mol. The lowest BCUT2D eigenvalue weighted by molar-refractivity contribution is -0.386. The lowest BCUT2D eigenvalue weighted by atomic mass is 10.1. The molecule has 1 heterocycles. The molecule has 0 saturated heterocycles. The minimum Gasteiger partial charge on any atom is -0.489 e. The summed E-state index contributed by atoms with van der Waals surface area (Å²) in [5.74, 6) is -3.40. The van der Waals surface area contributed by atoms with E-state index in [1.165, 1.54) is 18.2 Å². The van der Waals surface area contributed by atoms with Crippen LogP contribution in [0, 0.1) is 21.7 Å². The fourth-order valence-electron chi connectivity index (χ4n) is 3.50. The van der Waals surface area contributed by atoms with Crippen LogP contribution < -0.4 is 14.4 Å². The number of anilines is 1. The largest absolute Gasteiger partial charge is 0.489 e. The van der Waals surface area contributed by atoms with Gasteiger partial charge < -0.3 is 23.8 Å². The number of methoxy groups -OCH3 is 1. The van der Waals surface area contributed by atoms with E-state index in [0.717, 1.165) is 19.2 Å². The van der Waals surface area contributed by atoms with Gasteiger partial charge in [-0.1, -0.05) is 0 Å². The highest BCUT2D eigenvalue weighted by Gasteiger charge is 2.32. The van der Waals surface area contributed by atoms with Gasteiger partial charge in [0.1, 0.15) is 18.2 Å². The van der Waals surface area contributed by atoms with Crippen molar-refractivity contribution in [3.8, 4) is 11.5 Å². The summed E-state index contributed by atoms with van der Waals surface area (Å²) < 4.78 is 48.5. The Morgan fingerprint density at radius 3 is 2.68 bits per heavy atom. The fraction of sp³-hybridized carbons (Fsp3) is 0.364. The Labute approximate surface area is 193 Å². The zero-order chi connectivity index (χ0) is 24.8. The van der Waals surface area contributed by atoms with E-state index in [0.29, 0.717) is 5.69 Å². The van der Waals surface area contributed by atoms with Gasteiger partial charge >= 0.3 is 17.6 Å². The van der Waals surface area contributed by atoms with Gasteiger partial charge in [0.25, 0.3) is 0 Å². The number of nitro groups is 1. The first-order valence-electron chi connectivity index (χ1n) is 10.2. The maximum absolute atomic E-state index is 14.8. The van der Waals surface area contributed by atoms with Crippen LogP contribution in [0.4, 0.5) is 20.2 Å². The molecule has 3 rings (SSSR count). The molecule has 0 fully saturated rings. The Morgan fingerprint density at radius 2 is 2.00 bits per heavy atom. The summed E-state index contributed by atoms with van der Waals surface area (Å²) in [6, 6.07) is 5.40. The summed E-state index contributed by atoms with van der Waals surface area (Å²) in [5.41, 5.74) is -0.0786. The molecule has 0 aliphatic carbocycles. The summed E-state index contributed by atoms with van der Waals surface area (Å²) in [7, 11) is 1.10. The normalized spacial score (nSPS) is 14.6. The average molecular weight is 480 g/mol. The van der Waals surface area contributed by atoms with Crippen molar-refractivity contribution in [2.75, 3.05) is 31.8 Å². The van der Waals surface area contributed by atoms with Crippen molar-refractivity contribution in [1.29, 1.82) is 0 Å². The molecule has 0 aromatic heterocycles. The van der Waals surface area contributed by atoms with E-state index >= 15 is 0 Å². The molecule has 1 aliphatic rings. The molecule has 1 aliphatic heterocycles. The molecule has 1 atom stereocenters. The second-order valence-corrected chi connectivity index (χ2v) is 7.26. The van der Waals surface area contributed by atoms with Crippen LogP contribution in [0.15, 0.2) is 30.3 Å². The van der Waals surface area contributed by atoms with Crippen molar-refractivity contribution < 1.29 is 42.2 Å². The van der Waals surface area contributed by atoms with Gasteiger partial charge in [0.2, 0.25) is 5.75 Å². The van der Waals surface area contributed by atoms with Crippen molar-refractivity contribution >= 4 is 23.3 Å². The molecule has 34 heavy (non-hydrogen) atoms. The smallest absolute Gasteiger partial charge is 0.343 e. The summed E-state index contributed by atoms with van der Waals surface area (Å²) in [6.45, 7) is 1.08. The third-order valence-electron chi connectivity index (χ3n) is 5.01. The Kier molecular flexibility index (Phi) is 7.82. The van der Waals surface area contributed by atoms with E-state index in [1.807, 2.05) is 0 Å². The lowest BCUT2D eigenvalue weighted by Crippen LogP contribution is -2.44. The second kappa shape index (κ2) is 10.8. The third-order valence-corrected chi connectivity index (χ3v) is 5.01. The number of fused-ring (bicyclic) bond motifs is 1. The fourth-order valence-corrected chi connectivity index (χ4v) is 3.50. The van der Waals surface area contributed by atoms with E-state index in [2.05, 4.69) is 4.74 Å². The molecule has 0 unspecified atom stereocenters. The monoisotopic (exact) mass is 480 g/mol. The average Bonchev–Trinajstić information content (AvgIpc) is 2.79. The number of rotatable bonds is 9. The van der Waals surface area contributed by atoms with Crippen LogP contribution in [-0.2, 0) is 25.6 Å². The maximum atomic E-state index is 14.8. The van der Waals surface area contributed by atoms with Crippen molar-refractivity contribution in [3.05, 3.63) is 57.6 Å². The van der Waals surface area contributed by atoms with E-state index in [1.54, 1.807) is 11.8 Å². The van der Waals surface area contributed by atoms with Crippen LogP contribution in [0.3, 0.4) is 0 Å². The molecule has 2 aromatic rings. The maximum Gasteiger partial charge on any atom is 0.343 e. The van der Waals surface area contributed by atoms with Crippen molar-refractivity contribution in [1.82, 2.24) is 0 Å². The number of ether oxygens (including phenoxy) is 4. The molecule has 182 valence electrons. The minimum atomic E-state index is -1.05. The van der Waals surface area contributed by atoms with Crippen LogP contribution in [0.2, 0.25) is 0 Å². The van der Waals surface area contributed by atoms with E-state index < -0.39 is 52.6 Å². The van der Waals surface area contributed by atoms with Crippen molar-refractivity contribution in [2.45, 2.75) is 25.9 Å². The van der Waals surface area contributed by atoms with Gasteiger partial charge in [-0.2, -0.15) is 0 Å². The Morgan fingerprint density at radius 1 is 1.24 bits per heavy atom. The highest BCUT2D eigenvalue weighted by Crippen LogP contribution is 2.38. The summed E-state index contributed by atoms with van der Waals surface area (Å²) >= 11 is 0. The first-order chi connectivity index (χ1) is 16.2. The topological polar surface area (TPSA) is 117 Å². The lowest BCUT2D eigenvalue weighted by Gasteiger charge is -2.38. The van der Waals surface area contributed by atoms with Gasteiger partial charge in [-0.05, 0) is 30.7 Å². The molecule has 12 heteroatoms. The number of benzene rings is 2. The molecule has 10 nitrogen and oxygen atoms in total. The first-order valence-corrected chi connectivity index (χ1v) is 10.2. The molecule has 0 bridgehead atoms. The quantitative estimate of drug-likeness (QED) is 0.303. The van der Waals surface area contributed by atoms with Crippen LogP contribution in [0.25, 0.3) is 0 Å². The van der Waals surface area contributed by atoms with E-state index in [-0.39, 0.29) is 37.5 Å². The van der Waals surface area contributed by atoms with E-state index in [9.17, 15) is 28.5 Å². The number of esters is 2. The summed E-state index contributed by atoms with van der Waals surface area (Å²) in [4.78, 5) is 35.8. The molecule has 0 spiro atoms. The van der Waals surface area contributed by atoms with Crippen LogP contribution in [0.1, 0.15) is 18.9 Å². The molecule has 0 amide bonds. The van der Waals surface area contributed by atoms with Crippen molar-refractivity contribution in [3.63, 3.8) is 0 Å². The van der Waals surface area contributed by atoms with Crippen molar-refractivity contribution in [2.24, 2.45) is 0 Å².